The summed E-state index contributed by atoms with van der Waals surface area (Å²) in [4.78, 5) is 0. The van der Waals surface area contributed by atoms with Gasteiger partial charge in [0.1, 0.15) is 5.51 Å². The molecule has 74 valence electrons. The van der Waals surface area contributed by atoms with Crippen molar-refractivity contribution in [2.75, 3.05) is 17.7 Å². The smallest absolute Gasteiger partial charge is 0.205 e. The van der Waals surface area contributed by atoms with Crippen molar-refractivity contribution in [1.82, 2.24) is 10.2 Å². The van der Waals surface area contributed by atoms with Crippen LogP contribution in [0.3, 0.4) is 0 Å². The van der Waals surface area contributed by atoms with E-state index in [4.69, 9.17) is 11.6 Å². The van der Waals surface area contributed by atoms with Crippen LogP contribution in [0.2, 0.25) is 0 Å². The molecule has 0 radical (unpaired) electrons. The molecule has 0 unspecified atom stereocenters. The zero-order valence-corrected chi connectivity index (χ0v) is 9.45. The Labute approximate surface area is 87.5 Å². The van der Waals surface area contributed by atoms with Crippen molar-refractivity contribution in [3.63, 3.8) is 0 Å². The van der Waals surface area contributed by atoms with E-state index in [9.17, 15) is 0 Å². The predicted octanol–water partition coefficient (Wildman–Crippen LogP) is 2.61. The van der Waals surface area contributed by atoms with Gasteiger partial charge in [-0.2, -0.15) is 0 Å². The SMILES string of the molecule is CC(C)(CCCl)CNc1nncs1. The molecule has 0 aromatic carbocycles. The molecule has 5 heteroatoms. The standard InChI is InChI=1S/C8H14ClN3S/c1-8(2,3-4-9)5-10-7-12-11-6-13-7/h6H,3-5H2,1-2H3,(H,10,12). The second-order valence-corrected chi connectivity index (χ2v) is 4.91. The first kappa shape index (κ1) is 10.7. The first-order valence-corrected chi connectivity index (χ1v) is 5.61. The molecular weight excluding hydrogens is 206 g/mol. The molecule has 0 aliphatic carbocycles. The molecule has 1 heterocycles. The van der Waals surface area contributed by atoms with Crippen LogP contribution in [0.15, 0.2) is 5.51 Å². The van der Waals surface area contributed by atoms with Crippen molar-refractivity contribution in [3.8, 4) is 0 Å². The number of rotatable bonds is 5. The van der Waals surface area contributed by atoms with Gasteiger partial charge in [-0.25, -0.2) is 0 Å². The lowest BCUT2D eigenvalue weighted by atomic mass is 9.90. The van der Waals surface area contributed by atoms with Crippen LogP contribution in [0.1, 0.15) is 20.3 Å². The lowest BCUT2D eigenvalue weighted by molar-refractivity contribution is 0.379. The minimum absolute atomic E-state index is 0.216. The van der Waals surface area contributed by atoms with E-state index in [1.807, 2.05) is 0 Å². The largest absolute Gasteiger partial charge is 0.360 e. The van der Waals surface area contributed by atoms with Gasteiger partial charge in [-0.15, -0.1) is 21.8 Å². The van der Waals surface area contributed by atoms with Crippen molar-refractivity contribution >= 4 is 28.1 Å². The highest BCUT2D eigenvalue weighted by atomic mass is 35.5. The van der Waals surface area contributed by atoms with E-state index >= 15 is 0 Å². The number of hydrogen-bond acceptors (Lipinski definition) is 4. The highest BCUT2D eigenvalue weighted by Crippen LogP contribution is 2.21. The first-order chi connectivity index (χ1) is 6.14. The Hall–Kier alpha value is -0.350. The molecule has 0 saturated heterocycles. The quantitative estimate of drug-likeness (QED) is 0.774. The van der Waals surface area contributed by atoms with Gasteiger partial charge in [-0.1, -0.05) is 25.2 Å². The van der Waals surface area contributed by atoms with Gasteiger partial charge in [0.05, 0.1) is 0 Å². The van der Waals surface area contributed by atoms with Gasteiger partial charge in [0.2, 0.25) is 5.13 Å². The van der Waals surface area contributed by atoms with Crippen LogP contribution in [0, 0.1) is 5.41 Å². The van der Waals surface area contributed by atoms with Crippen LogP contribution in [-0.2, 0) is 0 Å². The van der Waals surface area contributed by atoms with Crippen molar-refractivity contribution in [2.24, 2.45) is 5.41 Å². The van der Waals surface area contributed by atoms with E-state index in [0.717, 1.165) is 18.1 Å². The number of nitrogens with zero attached hydrogens (tertiary/aromatic N) is 2. The van der Waals surface area contributed by atoms with Gasteiger partial charge in [0, 0.05) is 12.4 Å². The summed E-state index contributed by atoms with van der Waals surface area (Å²) in [6, 6.07) is 0. The summed E-state index contributed by atoms with van der Waals surface area (Å²) in [6.45, 7) is 5.25. The molecule has 0 atom stereocenters. The van der Waals surface area contributed by atoms with Crippen molar-refractivity contribution in [3.05, 3.63) is 5.51 Å². The van der Waals surface area contributed by atoms with E-state index in [1.54, 1.807) is 5.51 Å². The first-order valence-electron chi connectivity index (χ1n) is 4.20. The molecule has 0 amide bonds. The summed E-state index contributed by atoms with van der Waals surface area (Å²) in [6.07, 6.45) is 1.00. The molecule has 1 aromatic rings. The maximum absolute atomic E-state index is 5.69. The minimum Gasteiger partial charge on any atom is -0.360 e. The lowest BCUT2D eigenvalue weighted by Crippen LogP contribution is -2.23. The van der Waals surface area contributed by atoms with E-state index in [-0.39, 0.29) is 5.41 Å². The van der Waals surface area contributed by atoms with Gasteiger partial charge < -0.3 is 5.32 Å². The Morgan fingerprint density at radius 1 is 1.62 bits per heavy atom. The molecule has 0 aliphatic rings. The normalized spacial score (nSPS) is 11.6. The van der Waals surface area contributed by atoms with E-state index < -0.39 is 0 Å². The number of hydrogen-bond donors (Lipinski definition) is 1. The highest BCUT2D eigenvalue weighted by Gasteiger charge is 2.16. The molecule has 0 saturated carbocycles. The van der Waals surface area contributed by atoms with Crippen LogP contribution in [0.25, 0.3) is 0 Å². The Bertz CT molecular complexity index is 236. The summed E-state index contributed by atoms with van der Waals surface area (Å²) in [7, 11) is 0. The zero-order chi connectivity index (χ0) is 9.73. The van der Waals surface area contributed by atoms with Crippen LogP contribution in [-0.4, -0.2) is 22.6 Å². The number of alkyl halides is 1. The summed E-state index contributed by atoms with van der Waals surface area (Å²) >= 11 is 7.21. The fourth-order valence-electron chi connectivity index (χ4n) is 0.909. The zero-order valence-electron chi connectivity index (χ0n) is 7.88. The van der Waals surface area contributed by atoms with Crippen LogP contribution >= 0.6 is 22.9 Å². The Morgan fingerprint density at radius 2 is 2.38 bits per heavy atom. The summed E-state index contributed by atoms with van der Waals surface area (Å²) in [5.74, 6) is 0.699. The molecule has 1 rings (SSSR count). The van der Waals surface area contributed by atoms with Crippen LogP contribution in [0.4, 0.5) is 5.13 Å². The van der Waals surface area contributed by atoms with E-state index in [2.05, 4.69) is 29.4 Å². The summed E-state index contributed by atoms with van der Waals surface area (Å²) in [5.41, 5.74) is 1.93. The third kappa shape index (κ3) is 3.91. The number of nitrogens with one attached hydrogen (secondary N) is 1. The van der Waals surface area contributed by atoms with Gasteiger partial charge in [0.25, 0.3) is 0 Å². The molecule has 0 aliphatic heterocycles. The highest BCUT2D eigenvalue weighted by molar-refractivity contribution is 7.13. The van der Waals surface area contributed by atoms with Crippen LogP contribution < -0.4 is 5.32 Å². The number of anilines is 1. The van der Waals surface area contributed by atoms with Crippen molar-refractivity contribution in [1.29, 1.82) is 0 Å². The second-order valence-electron chi connectivity index (χ2n) is 3.70. The topological polar surface area (TPSA) is 37.8 Å². The van der Waals surface area contributed by atoms with Crippen molar-refractivity contribution in [2.45, 2.75) is 20.3 Å². The molecular formula is C8H14ClN3S. The van der Waals surface area contributed by atoms with Gasteiger partial charge in [0.15, 0.2) is 0 Å². The molecule has 0 fully saturated rings. The molecule has 0 spiro atoms. The second kappa shape index (κ2) is 4.77. The fraction of sp³-hybridized carbons (Fsp3) is 0.750. The number of halogens is 1. The predicted molar refractivity (Wildman–Crippen MR) is 57.5 cm³/mol. The van der Waals surface area contributed by atoms with Gasteiger partial charge in [-0.05, 0) is 11.8 Å². The summed E-state index contributed by atoms with van der Waals surface area (Å²) in [5, 5.41) is 11.8. The third-order valence-electron chi connectivity index (χ3n) is 1.85. The maximum Gasteiger partial charge on any atom is 0.205 e. The van der Waals surface area contributed by atoms with E-state index in [0.29, 0.717) is 5.88 Å². The molecule has 1 N–H and O–H groups in total. The Balaban J connectivity index is 2.33. The molecule has 3 nitrogen and oxygen atoms in total. The third-order valence-corrected chi connectivity index (χ3v) is 2.69. The monoisotopic (exact) mass is 219 g/mol. The Kier molecular flexibility index (Phi) is 3.93. The average Bonchev–Trinajstić information content (AvgIpc) is 2.52. The van der Waals surface area contributed by atoms with E-state index in [1.165, 1.54) is 11.3 Å². The molecule has 1 aromatic heterocycles. The molecule has 13 heavy (non-hydrogen) atoms. The minimum atomic E-state index is 0.216. The van der Waals surface area contributed by atoms with Gasteiger partial charge in [-0.3, -0.25) is 0 Å². The Morgan fingerprint density at radius 3 is 2.92 bits per heavy atom. The van der Waals surface area contributed by atoms with Gasteiger partial charge >= 0.3 is 0 Å². The molecule has 0 bridgehead atoms. The number of aromatic nitrogens is 2. The fourth-order valence-corrected chi connectivity index (χ4v) is 1.86. The maximum atomic E-state index is 5.69. The lowest BCUT2D eigenvalue weighted by Gasteiger charge is -2.23. The van der Waals surface area contributed by atoms with Crippen LogP contribution in [0.5, 0.6) is 0 Å². The summed E-state index contributed by atoms with van der Waals surface area (Å²) < 4.78 is 0. The van der Waals surface area contributed by atoms with Crippen molar-refractivity contribution < 1.29 is 0 Å². The average molecular weight is 220 g/mol.